The van der Waals surface area contributed by atoms with Crippen molar-refractivity contribution in [1.29, 1.82) is 0 Å². The molecule has 0 aliphatic carbocycles. The summed E-state index contributed by atoms with van der Waals surface area (Å²) in [5.74, 6) is 0.322. The fourth-order valence-corrected chi connectivity index (χ4v) is 0.428. The van der Waals surface area contributed by atoms with Gasteiger partial charge >= 0.3 is 0 Å². The topological polar surface area (TPSA) is 86.7 Å². The van der Waals surface area contributed by atoms with Gasteiger partial charge in [0.25, 0.3) is 0 Å². The van der Waals surface area contributed by atoms with E-state index in [1.165, 1.54) is 0 Å². The van der Waals surface area contributed by atoms with E-state index in [1.807, 2.05) is 6.07 Å². The molecule has 0 amide bonds. The van der Waals surface area contributed by atoms with Gasteiger partial charge in [-0.3, -0.25) is 0 Å². The number of quaternary nitrogens is 1. The lowest BCUT2D eigenvalue weighted by Crippen LogP contribution is -1.56. The molecule has 3 heteroatoms. The highest BCUT2D eigenvalue weighted by Crippen LogP contribution is 2.02. The fourth-order valence-electron chi connectivity index (χ4n) is 0.428. The SMILES string of the molecule is Oc1ccccc1.[NH4+].[OH-]. The zero-order valence-electron chi connectivity index (χ0n) is 5.28. The number of rotatable bonds is 0. The molecule has 0 aliphatic rings. The molecule has 3 nitrogen and oxygen atoms in total. The first kappa shape index (κ1) is 10.8. The second-order valence-corrected chi connectivity index (χ2v) is 1.34. The Morgan fingerprint density at radius 1 is 1.00 bits per heavy atom. The molecule has 6 N–H and O–H groups in total. The minimum atomic E-state index is 0. The van der Waals surface area contributed by atoms with Crippen molar-refractivity contribution in [3.8, 4) is 5.75 Å². The summed E-state index contributed by atoms with van der Waals surface area (Å²) in [5, 5.41) is 8.63. The van der Waals surface area contributed by atoms with Gasteiger partial charge in [0.2, 0.25) is 0 Å². The van der Waals surface area contributed by atoms with E-state index in [2.05, 4.69) is 0 Å². The standard InChI is InChI=1S/C6H6O.H3N.H2O/c7-6-4-2-1-3-5-6;;/h1-5,7H;1H3;1H2. The largest absolute Gasteiger partial charge is 0.870 e. The molecule has 0 aromatic heterocycles. The number of hydrogen-bond donors (Lipinski definition) is 2. The van der Waals surface area contributed by atoms with Crippen LogP contribution >= 0.6 is 0 Å². The maximum atomic E-state index is 8.63. The van der Waals surface area contributed by atoms with Crippen LogP contribution in [-0.2, 0) is 0 Å². The van der Waals surface area contributed by atoms with Gasteiger partial charge < -0.3 is 16.7 Å². The molecule has 9 heavy (non-hydrogen) atoms. The summed E-state index contributed by atoms with van der Waals surface area (Å²) in [7, 11) is 0. The molecule has 52 valence electrons. The Labute approximate surface area is 53.8 Å². The van der Waals surface area contributed by atoms with Gasteiger partial charge in [0, 0.05) is 0 Å². The second kappa shape index (κ2) is 5.08. The van der Waals surface area contributed by atoms with Crippen LogP contribution in [0.4, 0.5) is 0 Å². The number of phenolic OH excluding ortho intramolecular Hbond substituents is 1. The third kappa shape index (κ3) is 3.52. The third-order valence-corrected chi connectivity index (χ3v) is 0.756. The number of benzene rings is 1. The van der Waals surface area contributed by atoms with Crippen LogP contribution in [0.25, 0.3) is 0 Å². The average molecular weight is 129 g/mol. The molecule has 0 spiro atoms. The summed E-state index contributed by atoms with van der Waals surface area (Å²) < 4.78 is 0. The molecular formula is C6H11NO2. The van der Waals surface area contributed by atoms with Crippen LogP contribution in [-0.4, -0.2) is 10.6 Å². The van der Waals surface area contributed by atoms with Gasteiger partial charge in [0.15, 0.2) is 0 Å². The van der Waals surface area contributed by atoms with Crippen molar-refractivity contribution in [2.24, 2.45) is 0 Å². The van der Waals surface area contributed by atoms with E-state index >= 15 is 0 Å². The highest BCUT2D eigenvalue weighted by Gasteiger charge is 1.74. The smallest absolute Gasteiger partial charge is 0.115 e. The summed E-state index contributed by atoms with van der Waals surface area (Å²) in [5.41, 5.74) is 0. The summed E-state index contributed by atoms with van der Waals surface area (Å²) >= 11 is 0. The summed E-state index contributed by atoms with van der Waals surface area (Å²) in [6, 6.07) is 8.71. The van der Waals surface area contributed by atoms with E-state index in [-0.39, 0.29) is 11.6 Å². The van der Waals surface area contributed by atoms with Crippen molar-refractivity contribution in [3.63, 3.8) is 0 Å². The minimum absolute atomic E-state index is 0. The third-order valence-electron chi connectivity index (χ3n) is 0.756. The number of para-hydroxylation sites is 1. The Morgan fingerprint density at radius 2 is 1.44 bits per heavy atom. The Bertz CT molecular complexity index is 141. The first-order valence-corrected chi connectivity index (χ1v) is 2.13. The van der Waals surface area contributed by atoms with Crippen LogP contribution in [0.2, 0.25) is 0 Å². The first-order valence-electron chi connectivity index (χ1n) is 2.13. The lowest BCUT2D eigenvalue weighted by molar-refractivity contribution is 0.475. The summed E-state index contributed by atoms with van der Waals surface area (Å²) in [6.07, 6.45) is 0. The van der Waals surface area contributed by atoms with Crippen molar-refractivity contribution in [2.45, 2.75) is 0 Å². The molecule has 0 saturated carbocycles. The van der Waals surface area contributed by atoms with Gasteiger partial charge in [0.1, 0.15) is 5.75 Å². The lowest BCUT2D eigenvalue weighted by atomic mass is 10.3. The van der Waals surface area contributed by atoms with Gasteiger partial charge in [-0.25, -0.2) is 0 Å². The van der Waals surface area contributed by atoms with Crippen molar-refractivity contribution in [2.75, 3.05) is 0 Å². The number of aromatic hydroxyl groups is 1. The zero-order chi connectivity index (χ0) is 5.11. The van der Waals surface area contributed by atoms with Crippen LogP contribution < -0.4 is 6.15 Å². The minimum Gasteiger partial charge on any atom is -0.870 e. The normalized spacial score (nSPS) is 6.67. The Balaban J connectivity index is 0. The Kier molecular flexibility index (Phi) is 6.12. The molecule has 0 aliphatic heterocycles. The summed E-state index contributed by atoms with van der Waals surface area (Å²) in [6.45, 7) is 0. The van der Waals surface area contributed by atoms with E-state index < -0.39 is 0 Å². The summed E-state index contributed by atoms with van der Waals surface area (Å²) in [4.78, 5) is 0. The molecule has 0 heterocycles. The number of hydrogen-bond acceptors (Lipinski definition) is 2. The van der Waals surface area contributed by atoms with Crippen molar-refractivity contribution < 1.29 is 10.6 Å². The first-order chi connectivity index (χ1) is 3.39. The molecular weight excluding hydrogens is 118 g/mol. The highest BCUT2D eigenvalue weighted by atomic mass is 16.3. The van der Waals surface area contributed by atoms with Gasteiger partial charge in [-0.05, 0) is 12.1 Å². The van der Waals surface area contributed by atoms with Gasteiger partial charge in [-0.15, -0.1) is 0 Å². The zero-order valence-corrected chi connectivity index (χ0v) is 5.28. The van der Waals surface area contributed by atoms with E-state index in [9.17, 15) is 0 Å². The van der Waals surface area contributed by atoms with E-state index in [0.29, 0.717) is 5.75 Å². The fraction of sp³-hybridized carbons (Fsp3) is 0. The van der Waals surface area contributed by atoms with Crippen LogP contribution in [0.5, 0.6) is 5.75 Å². The molecule has 0 fully saturated rings. The van der Waals surface area contributed by atoms with Crippen molar-refractivity contribution in [3.05, 3.63) is 30.3 Å². The maximum Gasteiger partial charge on any atom is 0.115 e. The van der Waals surface area contributed by atoms with Gasteiger partial charge in [-0.1, -0.05) is 18.2 Å². The second-order valence-electron chi connectivity index (χ2n) is 1.34. The van der Waals surface area contributed by atoms with E-state index in [4.69, 9.17) is 5.11 Å². The van der Waals surface area contributed by atoms with Crippen molar-refractivity contribution >= 4 is 0 Å². The predicted molar refractivity (Wildman–Crippen MR) is 36.0 cm³/mol. The van der Waals surface area contributed by atoms with Gasteiger partial charge in [-0.2, -0.15) is 0 Å². The van der Waals surface area contributed by atoms with Crippen LogP contribution in [0.1, 0.15) is 0 Å². The van der Waals surface area contributed by atoms with Gasteiger partial charge in [0.05, 0.1) is 0 Å². The van der Waals surface area contributed by atoms with Crippen molar-refractivity contribution in [1.82, 2.24) is 6.15 Å². The quantitative estimate of drug-likeness (QED) is 0.557. The number of phenols is 1. The Hall–Kier alpha value is -1.06. The maximum absolute atomic E-state index is 8.63. The molecule has 1 rings (SSSR count). The predicted octanol–water partition coefficient (Wildman–Crippen LogP) is 1.59. The monoisotopic (exact) mass is 129 g/mol. The lowest BCUT2D eigenvalue weighted by Gasteiger charge is -1.82. The van der Waals surface area contributed by atoms with Crippen LogP contribution in [0, 0.1) is 0 Å². The molecule has 0 atom stereocenters. The molecule has 1 aromatic rings. The Morgan fingerprint density at radius 3 is 1.67 bits per heavy atom. The highest BCUT2D eigenvalue weighted by molar-refractivity contribution is 5.18. The van der Waals surface area contributed by atoms with Crippen LogP contribution in [0.3, 0.4) is 0 Å². The molecule has 0 saturated heterocycles. The molecule has 0 radical (unpaired) electrons. The van der Waals surface area contributed by atoms with E-state index in [1.54, 1.807) is 24.3 Å². The van der Waals surface area contributed by atoms with Crippen LogP contribution in [0.15, 0.2) is 30.3 Å². The molecule has 0 unspecified atom stereocenters. The molecule has 1 aromatic carbocycles. The molecule has 0 bridgehead atoms. The average Bonchev–Trinajstić information content (AvgIpc) is 1.69. The van der Waals surface area contributed by atoms with E-state index in [0.717, 1.165) is 0 Å².